The standard InChI is InChI=1S/C13H19N3O2/c14-11-2-1-3-12(10-11)15-13(17)4-5-16-6-8-18-9-7-16/h1-3,10H,4-9,14H2,(H,15,17). The highest BCUT2D eigenvalue weighted by atomic mass is 16.5. The summed E-state index contributed by atoms with van der Waals surface area (Å²) in [6.45, 7) is 4.11. The molecule has 18 heavy (non-hydrogen) atoms. The number of benzene rings is 1. The number of nitrogens with zero attached hydrogens (tertiary/aromatic N) is 1. The number of carbonyl (C=O) groups excluding carboxylic acids is 1. The van der Waals surface area contributed by atoms with Crippen molar-refractivity contribution in [3.63, 3.8) is 0 Å². The molecule has 5 nitrogen and oxygen atoms in total. The highest BCUT2D eigenvalue weighted by molar-refractivity contribution is 5.91. The Hall–Kier alpha value is -1.59. The quantitative estimate of drug-likeness (QED) is 0.779. The van der Waals surface area contributed by atoms with Crippen LogP contribution in [0, 0.1) is 0 Å². The Morgan fingerprint density at radius 2 is 2.17 bits per heavy atom. The molecule has 1 fully saturated rings. The molecule has 1 aliphatic heterocycles. The summed E-state index contributed by atoms with van der Waals surface area (Å²) in [5.74, 6) is 0.0205. The molecule has 0 atom stereocenters. The van der Waals surface area contributed by atoms with Gasteiger partial charge >= 0.3 is 0 Å². The lowest BCUT2D eigenvalue weighted by Gasteiger charge is -2.26. The molecule has 0 radical (unpaired) electrons. The van der Waals surface area contributed by atoms with Gasteiger partial charge in [-0.1, -0.05) is 6.07 Å². The number of carbonyl (C=O) groups is 1. The van der Waals surface area contributed by atoms with Crippen molar-refractivity contribution >= 4 is 17.3 Å². The minimum absolute atomic E-state index is 0.0205. The number of morpholine rings is 1. The van der Waals surface area contributed by atoms with Crippen molar-refractivity contribution in [2.75, 3.05) is 43.9 Å². The first-order valence-electron chi connectivity index (χ1n) is 6.19. The average molecular weight is 249 g/mol. The van der Waals surface area contributed by atoms with Crippen LogP contribution in [0.3, 0.4) is 0 Å². The van der Waals surface area contributed by atoms with Crippen LogP contribution in [-0.2, 0) is 9.53 Å². The number of rotatable bonds is 4. The fourth-order valence-corrected chi connectivity index (χ4v) is 1.92. The second kappa shape index (κ2) is 6.37. The SMILES string of the molecule is Nc1cccc(NC(=O)CCN2CCOCC2)c1. The van der Waals surface area contributed by atoms with Crippen LogP contribution in [0.5, 0.6) is 0 Å². The van der Waals surface area contributed by atoms with Crippen LogP contribution in [0.25, 0.3) is 0 Å². The van der Waals surface area contributed by atoms with E-state index in [2.05, 4.69) is 10.2 Å². The van der Waals surface area contributed by atoms with Crippen molar-refractivity contribution in [3.05, 3.63) is 24.3 Å². The van der Waals surface area contributed by atoms with E-state index in [0.29, 0.717) is 12.1 Å². The number of amides is 1. The van der Waals surface area contributed by atoms with Crippen LogP contribution >= 0.6 is 0 Å². The smallest absolute Gasteiger partial charge is 0.225 e. The highest BCUT2D eigenvalue weighted by Crippen LogP contribution is 2.12. The second-order valence-electron chi connectivity index (χ2n) is 4.38. The number of nitrogen functional groups attached to an aromatic ring is 1. The summed E-state index contributed by atoms with van der Waals surface area (Å²) in [5.41, 5.74) is 7.06. The minimum Gasteiger partial charge on any atom is -0.399 e. The fourth-order valence-electron chi connectivity index (χ4n) is 1.92. The van der Waals surface area contributed by atoms with Crippen molar-refractivity contribution in [2.45, 2.75) is 6.42 Å². The number of anilines is 2. The number of hydrogen-bond acceptors (Lipinski definition) is 4. The molecule has 1 amide bonds. The molecule has 0 unspecified atom stereocenters. The summed E-state index contributed by atoms with van der Waals surface area (Å²) in [6.07, 6.45) is 0.495. The summed E-state index contributed by atoms with van der Waals surface area (Å²) in [6, 6.07) is 7.21. The fraction of sp³-hybridized carbons (Fsp3) is 0.462. The van der Waals surface area contributed by atoms with Gasteiger partial charge in [0.15, 0.2) is 0 Å². The van der Waals surface area contributed by atoms with Gasteiger partial charge in [0.05, 0.1) is 13.2 Å². The van der Waals surface area contributed by atoms with E-state index in [0.717, 1.165) is 38.5 Å². The van der Waals surface area contributed by atoms with Gasteiger partial charge in [0.1, 0.15) is 0 Å². The Morgan fingerprint density at radius 3 is 2.89 bits per heavy atom. The van der Waals surface area contributed by atoms with E-state index in [1.54, 1.807) is 12.1 Å². The van der Waals surface area contributed by atoms with E-state index in [-0.39, 0.29) is 5.91 Å². The summed E-state index contributed by atoms with van der Waals surface area (Å²) in [5, 5.41) is 2.85. The van der Waals surface area contributed by atoms with Crippen LogP contribution in [-0.4, -0.2) is 43.7 Å². The zero-order chi connectivity index (χ0) is 12.8. The first kappa shape index (κ1) is 12.9. The molecular formula is C13H19N3O2. The molecule has 0 saturated carbocycles. The lowest BCUT2D eigenvalue weighted by molar-refractivity contribution is -0.116. The molecule has 1 saturated heterocycles. The van der Waals surface area contributed by atoms with Crippen LogP contribution in [0.4, 0.5) is 11.4 Å². The first-order valence-corrected chi connectivity index (χ1v) is 6.19. The van der Waals surface area contributed by atoms with Gasteiger partial charge < -0.3 is 15.8 Å². The largest absolute Gasteiger partial charge is 0.399 e. The minimum atomic E-state index is 0.0205. The zero-order valence-electron chi connectivity index (χ0n) is 10.4. The normalized spacial score (nSPS) is 16.4. The third-order valence-corrected chi connectivity index (χ3v) is 2.93. The van der Waals surface area contributed by atoms with Gasteiger partial charge in [-0.15, -0.1) is 0 Å². The predicted octanol–water partition coefficient (Wildman–Crippen LogP) is 0.930. The van der Waals surface area contributed by atoms with Crippen molar-refractivity contribution in [1.29, 1.82) is 0 Å². The first-order chi connectivity index (χ1) is 8.74. The maximum Gasteiger partial charge on any atom is 0.225 e. The Morgan fingerprint density at radius 1 is 1.39 bits per heavy atom. The molecule has 98 valence electrons. The molecule has 1 aliphatic rings. The van der Waals surface area contributed by atoms with Gasteiger partial charge in [-0.05, 0) is 18.2 Å². The number of ether oxygens (including phenoxy) is 1. The van der Waals surface area contributed by atoms with Crippen LogP contribution in [0.2, 0.25) is 0 Å². The number of nitrogens with one attached hydrogen (secondary N) is 1. The van der Waals surface area contributed by atoms with Gasteiger partial charge in [-0.3, -0.25) is 9.69 Å². The molecule has 2 rings (SSSR count). The Labute approximate surface area is 107 Å². The maximum atomic E-state index is 11.8. The van der Waals surface area contributed by atoms with Gasteiger partial charge in [0, 0.05) is 37.4 Å². The van der Waals surface area contributed by atoms with E-state index in [4.69, 9.17) is 10.5 Å². The van der Waals surface area contributed by atoms with Crippen LogP contribution in [0.1, 0.15) is 6.42 Å². The summed E-state index contributed by atoms with van der Waals surface area (Å²) < 4.78 is 5.26. The Kier molecular flexibility index (Phi) is 4.55. The average Bonchev–Trinajstić information content (AvgIpc) is 2.38. The lowest BCUT2D eigenvalue weighted by Crippen LogP contribution is -2.38. The summed E-state index contributed by atoms with van der Waals surface area (Å²) >= 11 is 0. The second-order valence-corrected chi connectivity index (χ2v) is 4.38. The molecule has 5 heteroatoms. The van der Waals surface area contributed by atoms with Crippen LogP contribution in [0.15, 0.2) is 24.3 Å². The molecule has 3 N–H and O–H groups in total. The Bertz CT molecular complexity index is 403. The molecule has 0 spiro atoms. The third-order valence-electron chi connectivity index (χ3n) is 2.93. The number of nitrogens with two attached hydrogens (primary N) is 1. The van der Waals surface area contributed by atoms with E-state index in [1.807, 2.05) is 12.1 Å². The maximum absolute atomic E-state index is 11.8. The lowest BCUT2D eigenvalue weighted by atomic mass is 10.2. The van der Waals surface area contributed by atoms with Crippen molar-refractivity contribution in [2.24, 2.45) is 0 Å². The van der Waals surface area contributed by atoms with E-state index >= 15 is 0 Å². The highest BCUT2D eigenvalue weighted by Gasteiger charge is 2.11. The predicted molar refractivity (Wildman–Crippen MR) is 71.4 cm³/mol. The van der Waals surface area contributed by atoms with E-state index < -0.39 is 0 Å². The van der Waals surface area contributed by atoms with Crippen molar-refractivity contribution in [3.8, 4) is 0 Å². The van der Waals surface area contributed by atoms with Crippen LogP contribution < -0.4 is 11.1 Å². The van der Waals surface area contributed by atoms with Crippen molar-refractivity contribution in [1.82, 2.24) is 4.90 Å². The van der Waals surface area contributed by atoms with Gasteiger partial charge in [0.25, 0.3) is 0 Å². The summed E-state index contributed by atoms with van der Waals surface area (Å²) in [7, 11) is 0. The molecule has 0 bridgehead atoms. The monoisotopic (exact) mass is 249 g/mol. The van der Waals surface area contributed by atoms with Crippen molar-refractivity contribution < 1.29 is 9.53 Å². The van der Waals surface area contributed by atoms with E-state index in [9.17, 15) is 4.79 Å². The zero-order valence-corrected chi connectivity index (χ0v) is 10.4. The Balaban J connectivity index is 1.74. The molecule has 0 aromatic heterocycles. The van der Waals surface area contributed by atoms with E-state index in [1.165, 1.54) is 0 Å². The molecule has 1 heterocycles. The third kappa shape index (κ3) is 4.01. The molecule has 1 aromatic carbocycles. The molecular weight excluding hydrogens is 230 g/mol. The molecule has 1 aromatic rings. The molecule has 0 aliphatic carbocycles. The van der Waals surface area contributed by atoms with Gasteiger partial charge in [0.2, 0.25) is 5.91 Å². The summed E-state index contributed by atoms with van der Waals surface area (Å²) in [4.78, 5) is 14.0. The van der Waals surface area contributed by atoms with Gasteiger partial charge in [-0.25, -0.2) is 0 Å². The topological polar surface area (TPSA) is 67.6 Å². The number of hydrogen-bond donors (Lipinski definition) is 2. The van der Waals surface area contributed by atoms with Gasteiger partial charge in [-0.2, -0.15) is 0 Å².